The molecular formula is C14H16BrF3N2O3S. The second-order valence-corrected chi connectivity index (χ2v) is 8.36. The number of rotatable bonds is 3. The summed E-state index contributed by atoms with van der Waals surface area (Å²) in [7, 11) is -3.57. The Morgan fingerprint density at radius 2 is 2.00 bits per heavy atom. The Kier molecular flexibility index (Phi) is 5.61. The SMILES string of the molecule is CS(=O)(=O)N1CCCCC1C(=O)Nc1ccc(Br)c(C(F)(F)F)c1. The molecule has 1 atom stereocenters. The lowest BCUT2D eigenvalue weighted by molar-refractivity contribution is -0.138. The van der Waals surface area contributed by atoms with Crippen LogP contribution in [-0.4, -0.2) is 37.5 Å². The molecule has 1 heterocycles. The maximum atomic E-state index is 12.9. The Bertz CT molecular complexity index is 737. The van der Waals surface area contributed by atoms with Crippen LogP contribution in [0.25, 0.3) is 0 Å². The highest BCUT2D eigenvalue weighted by atomic mass is 79.9. The average Bonchev–Trinajstić information content (AvgIpc) is 2.47. The number of alkyl halides is 3. The standard InChI is InChI=1S/C14H16BrF3N2O3S/c1-24(22,23)20-7-3-2-4-12(20)13(21)19-9-5-6-11(15)10(8-9)14(16,17)18/h5-6,8,12H,2-4,7H2,1H3,(H,19,21). The summed E-state index contributed by atoms with van der Waals surface area (Å²) in [5.41, 5.74) is -0.946. The fraction of sp³-hybridized carbons (Fsp3) is 0.500. The summed E-state index contributed by atoms with van der Waals surface area (Å²) in [5, 5.41) is 2.39. The number of benzene rings is 1. The van der Waals surface area contributed by atoms with Crippen LogP contribution in [0.2, 0.25) is 0 Å². The fourth-order valence-electron chi connectivity index (χ4n) is 2.61. The highest BCUT2D eigenvalue weighted by Gasteiger charge is 2.36. The summed E-state index contributed by atoms with van der Waals surface area (Å²) < 4.78 is 63.2. The molecule has 134 valence electrons. The Hall–Kier alpha value is -1.13. The summed E-state index contributed by atoms with van der Waals surface area (Å²) in [6.45, 7) is 0.227. The predicted octanol–water partition coefficient (Wildman–Crippen LogP) is 3.22. The van der Waals surface area contributed by atoms with Crippen LogP contribution < -0.4 is 5.32 Å². The largest absolute Gasteiger partial charge is 0.417 e. The van der Waals surface area contributed by atoms with Gasteiger partial charge in [0.25, 0.3) is 0 Å². The molecule has 1 aliphatic rings. The summed E-state index contributed by atoms with van der Waals surface area (Å²) in [5.74, 6) is -0.629. The van der Waals surface area contributed by atoms with Crippen LogP contribution in [0.3, 0.4) is 0 Å². The minimum Gasteiger partial charge on any atom is -0.325 e. The molecule has 2 rings (SSSR count). The van der Waals surface area contributed by atoms with Gasteiger partial charge in [0, 0.05) is 16.7 Å². The van der Waals surface area contributed by atoms with E-state index >= 15 is 0 Å². The van der Waals surface area contributed by atoms with Crippen LogP contribution in [0, 0.1) is 0 Å². The molecular weight excluding hydrogens is 413 g/mol. The van der Waals surface area contributed by atoms with Crippen molar-refractivity contribution in [2.24, 2.45) is 0 Å². The number of halogens is 4. The zero-order valence-electron chi connectivity index (χ0n) is 12.7. The Labute approximate surface area is 146 Å². The van der Waals surface area contributed by atoms with Gasteiger partial charge in [0.15, 0.2) is 0 Å². The van der Waals surface area contributed by atoms with E-state index in [0.29, 0.717) is 19.3 Å². The monoisotopic (exact) mass is 428 g/mol. The predicted molar refractivity (Wildman–Crippen MR) is 87.0 cm³/mol. The molecule has 0 aromatic heterocycles. The smallest absolute Gasteiger partial charge is 0.325 e. The van der Waals surface area contributed by atoms with Crippen LogP contribution in [0.4, 0.5) is 18.9 Å². The van der Waals surface area contributed by atoms with Gasteiger partial charge in [-0.1, -0.05) is 22.4 Å². The van der Waals surface area contributed by atoms with Crippen molar-refractivity contribution in [2.75, 3.05) is 18.1 Å². The summed E-state index contributed by atoms with van der Waals surface area (Å²) in [6.07, 6.45) is -1.89. The molecule has 0 saturated carbocycles. The zero-order valence-corrected chi connectivity index (χ0v) is 15.1. The molecule has 0 spiro atoms. The number of anilines is 1. The van der Waals surface area contributed by atoms with Gasteiger partial charge in [-0.25, -0.2) is 8.42 Å². The van der Waals surface area contributed by atoms with E-state index in [1.54, 1.807) is 0 Å². The van der Waals surface area contributed by atoms with Crippen molar-refractivity contribution in [3.05, 3.63) is 28.2 Å². The second kappa shape index (κ2) is 7.01. The third-order valence-corrected chi connectivity index (χ3v) is 5.70. The Balaban J connectivity index is 2.23. The quantitative estimate of drug-likeness (QED) is 0.803. The van der Waals surface area contributed by atoms with Crippen LogP contribution >= 0.6 is 15.9 Å². The number of hydrogen-bond acceptors (Lipinski definition) is 3. The van der Waals surface area contributed by atoms with Gasteiger partial charge in [-0.05, 0) is 31.0 Å². The maximum absolute atomic E-state index is 12.9. The number of carbonyl (C=O) groups excluding carboxylic acids is 1. The third kappa shape index (κ3) is 4.48. The number of hydrogen-bond donors (Lipinski definition) is 1. The number of piperidine rings is 1. The van der Waals surface area contributed by atoms with Crippen LogP contribution in [0.15, 0.2) is 22.7 Å². The zero-order chi connectivity index (χ0) is 18.1. The van der Waals surface area contributed by atoms with E-state index in [-0.39, 0.29) is 16.7 Å². The molecule has 10 heteroatoms. The summed E-state index contributed by atoms with van der Waals surface area (Å²) in [4.78, 5) is 12.4. The molecule has 1 unspecified atom stereocenters. The Morgan fingerprint density at radius 1 is 1.33 bits per heavy atom. The lowest BCUT2D eigenvalue weighted by atomic mass is 10.0. The molecule has 0 radical (unpaired) electrons. The van der Waals surface area contributed by atoms with E-state index in [1.165, 1.54) is 12.1 Å². The molecule has 5 nitrogen and oxygen atoms in total. The third-order valence-electron chi connectivity index (χ3n) is 3.72. The summed E-state index contributed by atoms with van der Waals surface area (Å²) in [6, 6.07) is 2.42. The van der Waals surface area contributed by atoms with E-state index < -0.39 is 33.7 Å². The van der Waals surface area contributed by atoms with Crippen LogP contribution in [0.1, 0.15) is 24.8 Å². The van der Waals surface area contributed by atoms with Gasteiger partial charge in [-0.3, -0.25) is 4.79 Å². The Morgan fingerprint density at radius 3 is 2.58 bits per heavy atom. The van der Waals surface area contributed by atoms with E-state index in [1.807, 2.05) is 0 Å². The molecule has 24 heavy (non-hydrogen) atoms. The highest BCUT2D eigenvalue weighted by molar-refractivity contribution is 9.10. The average molecular weight is 429 g/mol. The van der Waals surface area contributed by atoms with Crippen molar-refractivity contribution in [1.29, 1.82) is 0 Å². The number of sulfonamides is 1. The van der Waals surface area contributed by atoms with Crippen molar-refractivity contribution in [2.45, 2.75) is 31.5 Å². The first kappa shape index (κ1) is 19.2. The van der Waals surface area contributed by atoms with Crippen molar-refractivity contribution >= 4 is 37.5 Å². The molecule has 0 aliphatic carbocycles. The first-order valence-electron chi connectivity index (χ1n) is 7.14. The molecule has 1 amide bonds. The fourth-order valence-corrected chi connectivity index (χ4v) is 4.21. The van der Waals surface area contributed by atoms with Gasteiger partial charge >= 0.3 is 6.18 Å². The van der Waals surface area contributed by atoms with Gasteiger partial charge in [0.1, 0.15) is 6.04 Å². The molecule has 1 fully saturated rings. The van der Waals surface area contributed by atoms with E-state index in [2.05, 4.69) is 21.2 Å². The van der Waals surface area contributed by atoms with Crippen molar-refractivity contribution in [3.63, 3.8) is 0 Å². The van der Waals surface area contributed by atoms with Gasteiger partial charge < -0.3 is 5.32 Å². The molecule has 0 bridgehead atoms. The molecule has 1 aliphatic heterocycles. The van der Waals surface area contributed by atoms with E-state index in [4.69, 9.17) is 0 Å². The molecule has 1 N–H and O–H groups in total. The van der Waals surface area contributed by atoms with Gasteiger partial charge in [-0.2, -0.15) is 17.5 Å². The normalized spacial score (nSPS) is 20.0. The van der Waals surface area contributed by atoms with Crippen LogP contribution in [-0.2, 0) is 21.0 Å². The van der Waals surface area contributed by atoms with Crippen LogP contribution in [0.5, 0.6) is 0 Å². The number of nitrogens with one attached hydrogen (secondary N) is 1. The molecule has 1 saturated heterocycles. The lowest BCUT2D eigenvalue weighted by Gasteiger charge is -2.32. The van der Waals surface area contributed by atoms with Gasteiger partial charge in [0.2, 0.25) is 15.9 Å². The minimum absolute atomic E-state index is 0.0328. The van der Waals surface area contributed by atoms with E-state index in [0.717, 1.165) is 16.6 Å². The highest BCUT2D eigenvalue weighted by Crippen LogP contribution is 2.36. The topological polar surface area (TPSA) is 66.5 Å². The molecule has 1 aromatic carbocycles. The van der Waals surface area contributed by atoms with Crippen molar-refractivity contribution in [1.82, 2.24) is 4.31 Å². The number of carbonyl (C=O) groups is 1. The van der Waals surface area contributed by atoms with Gasteiger partial charge in [-0.15, -0.1) is 0 Å². The first-order chi connectivity index (χ1) is 11.0. The van der Waals surface area contributed by atoms with Crippen molar-refractivity contribution in [3.8, 4) is 0 Å². The summed E-state index contributed by atoms with van der Waals surface area (Å²) >= 11 is 2.82. The van der Waals surface area contributed by atoms with Crippen molar-refractivity contribution < 1.29 is 26.4 Å². The minimum atomic E-state index is -4.57. The maximum Gasteiger partial charge on any atom is 0.417 e. The first-order valence-corrected chi connectivity index (χ1v) is 9.78. The second-order valence-electron chi connectivity index (χ2n) is 5.57. The van der Waals surface area contributed by atoms with E-state index in [9.17, 15) is 26.4 Å². The number of amides is 1. The molecule has 1 aromatic rings. The van der Waals surface area contributed by atoms with Gasteiger partial charge in [0.05, 0.1) is 11.8 Å². The number of nitrogens with zero attached hydrogens (tertiary/aromatic N) is 1. The lowest BCUT2D eigenvalue weighted by Crippen LogP contribution is -2.49.